The minimum absolute atomic E-state index is 0.0364. The number of benzene rings is 2. The van der Waals surface area contributed by atoms with Crippen molar-refractivity contribution in [2.45, 2.75) is 25.9 Å². The molecule has 0 bridgehead atoms. The number of amides is 1. The molecule has 0 aliphatic heterocycles. The third kappa shape index (κ3) is 4.43. The largest absolute Gasteiger partial charge is 0.353 e. The molecule has 1 atom stereocenters. The van der Waals surface area contributed by atoms with Crippen LogP contribution in [-0.4, -0.2) is 46.4 Å². The lowest BCUT2D eigenvalue weighted by Crippen LogP contribution is -2.38. The van der Waals surface area contributed by atoms with E-state index in [1.807, 2.05) is 14.1 Å². The fraction of sp³-hybridized carbons (Fsp3) is 0.333. The van der Waals surface area contributed by atoms with E-state index in [9.17, 15) is 9.59 Å². The first-order valence-electron chi connectivity index (χ1n) is 9.34. The Bertz CT molecular complexity index is 1010. The Kier molecular flexibility index (Phi) is 6.16. The highest BCUT2D eigenvalue weighted by Gasteiger charge is 2.16. The summed E-state index contributed by atoms with van der Waals surface area (Å²) in [6.45, 7) is 2.40. The van der Waals surface area contributed by atoms with Crippen LogP contribution < -0.4 is 10.9 Å². The zero-order valence-electron chi connectivity index (χ0n) is 16.4. The van der Waals surface area contributed by atoms with Gasteiger partial charge in [0.2, 0.25) is 5.91 Å². The average Bonchev–Trinajstić information content (AvgIpc) is 2.70. The number of likely N-dealkylation sites (N-methyl/N-ethyl adjacent to an activating group) is 1. The van der Waals surface area contributed by atoms with Crippen LogP contribution in [0.1, 0.15) is 24.1 Å². The van der Waals surface area contributed by atoms with Gasteiger partial charge in [-0.3, -0.25) is 9.59 Å². The van der Waals surface area contributed by atoms with E-state index in [0.29, 0.717) is 17.4 Å². The Balaban J connectivity index is 1.68. The summed E-state index contributed by atoms with van der Waals surface area (Å²) >= 11 is 0. The van der Waals surface area contributed by atoms with Crippen molar-refractivity contribution in [2.75, 3.05) is 20.6 Å². The van der Waals surface area contributed by atoms with Gasteiger partial charge < -0.3 is 10.2 Å². The molecule has 1 unspecified atom stereocenters. The van der Waals surface area contributed by atoms with Crippen LogP contribution in [0.15, 0.2) is 53.3 Å². The minimum Gasteiger partial charge on any atom is -0.353 e. The molecule has 0 saturated heterocycles. The fourth-order valence-electron chi connectivity index (χ4n) is 3.10. The predicted octanol–water partition coefficient (Wildman–Crippen LogP) is 1.77. The van der Waals surface area contributed by atoms with Crippen LogP contribution in [0.25, 0.3) is 10.9 Å². The number of fused-ring (bicyclic) bond motifs is 1. The maximum atomic E-state index is 12.5. The van der Waals surface area contributed by atoms with E-state index in [-0.39, 0.29) is 24.1 Å². The van der Waals surface area contributed by atoms with Crippen LogP contribution in [0.5, 0.6) is 0 Å². The molecule has 1 N–H and O–H groups in total. The van der Waals surface area contributed by atoms with Gasteiger partial charge in [-0.1, -0.05) is 48.5 Å². The third-order valence-corrected chi connectivity index (χ3v) is 4.81. The molecule has 1 heterocycles. The van der Waals surface area contributed by atoms with Gasteiger partial charge in [0.1, 0.15) is 12.1 Å². The summed E-state index contributed by atoms with van der Waals surface area (Å²) in [5.74, 6) is -0.274. The Morgan fingerprint density at radius 3 is 2.54 bits per heavy atom. The smallest absolute Gasteiger partial charge is 0.278 e. The van der Waals surface area contributed by atoms with Crippen LogP contribution in [-0.2, 0) is 17.8 Å². The monoisotopic (exact) mass is 379 g/mol. The zero-order valence-corrected chi connectivity index (χ0v) is 16.4. The van der Waals surface area contributed by atoms with Gasteiger partial charge in [-0.25, -0.2) is 4.68 Å². The SMILES string of the molecule is CCc1ccc(C(CNC(=O)Cn2nnc3ccccc3c2=O)N(C)C)cc1. The number of rotatable bonds is 7. The highest BCUT2D eigenvalue weighted by molar-refractivity contribution is 5.78. The zero-order chi connectivity index (χ0) is 20.1. The number of hydrogen-bond acceptors (Lipinski definition) is 5. The van der Waals surface area contributed by atoms with E-state index in [2.05, 4.69) is 51.7 Å². The van der Waals surface area contributed by atoms with E-state index in [0.717, 1.165) is 16.7 Å². The molecule has 2 aromatic carbocycles. The van der Waals surface area contributed by atoms with Crippen LogP contribution >= 0.6 is 0 Å². The summed E-state index contributed by atoms with van der Waals surface area (Å²) in [5.41, 5.74) is 2.61. The van der Waals surface area contributed by atoms with Crippen molar-refractivity contribution in [3.05, 3.63) is 70.0 Å². The summed E-state index contributed by atoms with van der Waals surface area (Å²) in [6, 6.07) is 15.4. The van der Waals surface area contributed by atoms with Gasteiger partial charge in [-0.2, -0.15) is 0 Å². The molecule has 7 heteroatoms. The lowest BCUT2D eigenvalue weighted by atomic mass is 10.0. The summed E-state index contributed by atoms with van der Waals surface area (Å²) < 4.78 is 1.10. The summed E-state index contributed by atoms with van der Waals surface area (Å²) in [5, 5.41) is 11.2. The van der Waals surface area contributed by atoms with Gasteiger partial charge in [-0.05, 0) is 43.8 Å². The standard InChI is InChI=1S/C21H25N5O2/c1-4-15-9-11-16(12-10-15)19(25(2)3)13-22-20(27)14-26-21(28)17-7-5-6-8-18(17)23-24-26/h5-12,19H,4,13-14H2,1-3H3,(H,22,27). The molecule has 7 nitrogen and oxygen atoms in total. The number of carbonyl (C=O) groups excluding carboxylic acids is 1. The first kappa shape index (κ1) is 19.7. The van der Waals surface area contributed by atoms with Crippen LogP contribution in [0, 0.1) is 0 Å². The Morgan fingerprint density at radius 2 is 1.86 bits per heavy atom. The molecule has 3 aromatic rings. The van der Waals surface area contributed by atoms with Crippen LogP contribution in [0.2, 0.25) is 0 Å². The predicted molar refractivity (Wildman–Crippen MR) is 109 cm³/mol. The second-order valence-electron chi connectivity index (χ2n) is 6.95. The van der Waals surface area contributed by atoms with E-state index < -0.39 is 0 Å². The maximum Gasteiger partial charge on any atom is 0.278 e. The molecule has 3 rings (SSSR count). The van der Waals surface area contributed by atoms with Crippen molar-refractivity contribution in [1.29, 1.82) is 0 Å². The molecule has 0 saturated carbocycles. The van der Waals surface area contributed by atoms with Gasteiger partial charge in [-0.15, -0.1) is 5.10 Å². The van der Waals surface area contributed by atoms with Crippen molar-refractivity contribution in [2.24, 2.45) is 0 Å². The summed E-state index contributed by atoms with van der Waals surface area (Å²) in [6.07, 6.45) is 0.991. The normalized spacial score (nSPS) is 12.3. The molecular formula is C21H25N5O2. The topological polar surface area (TPSA) is 80.1 Å². The summed E-state index contributed by atoms with van der Waals surface area (Å²) in [7, 11) is 3.95. The molecule has 0 spiro atoms. The molecule has 0 aliphatic rings. The maximum absolute atomic E-state index is 12.5. The van der Waals surface area contributed by atoms with Crippen molar-refractivity contribution < 1.29 is 4.79 Å². The lowest BCUT2D eigenvalue weighted by Gasteiger charge is -2.25. The van der Waals surface area contributed by atoms with Gasteiger partial charge >= 0.3 is 0 Å². The van der Waals surface area contributed by atoms with E-state index in [1.165, 1.54) is 5.56 Å². The highest BCUT2D eigenvalue weighted by atomic mass is 16.2. The molecule has 0 fully saturated rings. The number of nitrogens with zero attached hydrogens (tertiary/aromatic N) is 4. The Morgan fingerprint density at radius 1 is 1.14 bits per heavy atom. The van der Waals surface area contributed by atoms with Gasteiger partial charge in [0, 0.05) is 6.54 Å². The second kappa shape index (κ2) is 8.75. The molecule has 28 heavy (non-hydrogen) atoms. The number of carbonyl (C=O) groups is 1. The van der Waals surface area contributed by atoms with Gasteiger partial charge in [0.15, 0.2) is 0 Å². The summed E-state index contributed by atoms with van der Waals surface area (Å²) in [4.78, 5) is 26.9. The molecule has 1 amide bonds. The second-order valence-corrected chi connectivity index (χ2v) is 6.95. The fourth-order valence-corrected chi connectivity index (χ4v) is 3.10. The van der Waals surface area contributed by atoms with E-state index in [1.54, 1.807) is 24.3 Å². The van der Waals surface area contributed by atoms with Crippen molar-refractivity contribution >= 4 is 16.8 Å². The Hall–Kier alpha value is -3.06. The van der Waals surface area contributed by atoms with Crippen LogP contribution in [0.4, 0.5) is 0 Å². The highest BCUT2D eigenvalue weighted by Crippen LogP contribution is 2.18. The van der Waals surface area contributed by atoms with Gasteiger partial charge in [0.25, 0.3) is 5.56 Å². The molecule has 1 aromatic heterocycles. The van der Waals surface area contributed by atoms with Crippen molar-refractivity contribution in [3.63, 3.8) is 0 Å². The quantitative estimate of drug-likeness (QED) is 0.677. The van der Waals surface area contributed by atoms with Crippen LogP contribution in [0.3, 0.4) is 0 Å². The molecular weight excluding hydrogens is 354 g/mol. The minimum atomic E-state index is -0.319. The van der Waals surface area contributed by atoms with E-state index in [4.69, 9.17) is 0 Å². The molecule has 0 aliphatic carbocycles. The molecule has 0 radical (unpaired) electrons. The number of hydrogen-bond donors (Lipinski definition) is 1. The van der Waals surface area contributed by atoms with Gasteiger partial charge in [0.05, 0.1) is 11.4 Å². The first-order chi connectivity index (χ1) is 13.5. The number of nitrogens with one attached hydrogen (secondary N) is 1. The lowest BCUT2D eigenvalue weighted by molar-refractivity contribution is -0.122. The van der Waals surface area contributed by atoms with Crippen molar-refractivity contribution in [3.8, 4) is 0 Å². The molecule has 146 valence electrons. The Labute approximate surface area is 164 Å². The average molecular weight is 379 g/mol. The van der Waals surface area contributed by atoms with E-state index >= 15 is 0 Å². The first-order valence-corrected chi connectivity index (χ1v) is 9.34. The number of aryl methyl sites for hydroxylation is 1. The van der Waals surface area contributed by atoms with Crippen molar-refractivity contribution in [1.82, 2.24) is 25.2 Å². The third-order valence-electron chi connectivity index (χ3n) is 4.81. The number of aromatic nitrogens is 3.